The van der Waals surface area contributed by atoms with Crippen LogP contribution in [0.25, 0.3) is 0 Å². The second-order valence-electron chi connectivity index (χ2n) is 6.49. The van der Waals surface area contributed by atoms with Crippen molar-refractivity contribution in [2.75, 3.05) is 39.4 Å². The van der Waals surface area contributed by atoms with Crippen LogP contribution in [0.5, 0.6) is 0 Å². The molecule has 0 aliphatic carbocycles. The Bertz CT molecular complexity index is 582. The normalized spacial score (nSPS) is 21.8. The second-order valence-corrected chi connectivity index (χ2v) is 6.49. The molecule has 2 amide bonds. The highest BCUT2D eigenvalue weighted by Gasteiger charge is 2.28. The molecule has 1 atom stereocenters. The van der Waals surface area contributed by atoms with Gasteiger partial charge in [-0.05, 0) is 37.3 Å². The summed E-state index contributed by atoms with van der Waals surface area (Å²) in [4.78, 5) is 28.4. The highest BCUT2D eigenvalue weighted by Crippen LogP contribution is 2.23. The van der Waals surface area contributed by atoms with Crippen molar-refractivity contribution in [3.05, 3.63) is 11.4 Å². The molecule has 0 radical (unpaired) electrons. The quantitative estimate of drug-likeness (QED) is 0.810. The maximum atomic E-state index is 12.5. The van der Waals surface area contributed by atoms with Crippen LogP contribution >= 0.6 is 0 Å². The molecule has 8 heteroatoms. The van der Waals surface area contributed by atoms with Crippen molar-refractivity contribution in [3.8, 4) is 0 Å². The lowest BCUT2D eigenvalue weighted by molar-refractivity contribution is -0.135. The van der Waals surface area contributed by atoms with Gasteiger partial charge in [-0.1, -0.05) is 5.16 Å². The molecule has 1 unspecified atom stereocenters. The zero-order valence-corrected chi connectivity index (χ0v) is 14.1. The second kappa shape index (κ2) is 7.74. The molecule has 24 heavy (non-hydrogen) atoms. The summed E-state index contributed by atoms with van der Waals surface area (Å²) < 4.78 is 9.90. The van der Waals surface area contributed by atoms with E-state index in [0.29, 0.717) is 56.6 Å². The van der Waals surface area contributed by atoms with E-state index in [1.807, 2.05) is 4.90 Å². The van der Waals surface area contributed by atoms with Crippen molar-refractivity contribution >= 4 is 11.8 Å². The maximum Gasteiger partial charge on any atom is 0.278 e. The fourth-order valence-electron chi connectivity index (χ4n) is 3.36. The molecule has 3 heterocycles. The lowest BCUT2D eigenvalue weighted by atomic mass is 9.93. The Hall–Kier alpha value is -1.96. The van der Waals surface area contributed by atoms with Crippen molar-refractivity contribution in [2.24, 2.45) is 5.92 Å². The number of hydrogen-bond acceptors (Lipinski definition) is 6. The van der Waals surface area contributed by atoms with Gasteiger partial charge in [0.1, 0.15) is 5.69 Å². The third-order valence-corrected chi connectivity index (χ3v) is 4.79. The summed E-state index contributed by atoms with van der Waals surface area (Å²) >= 11 is 0. The molecule has 2 aliphatic heterocycles. The van der Waals surface area contributed by atoms with Crippen LogP contribution in [-0.4, -0.2) is 71.3 Å². The molecule has 2 saturated heterocycles. The monoisotopic (exact) mass is 336 g/mol. The number of hydrogen-bond donors (Lipinski definition) is 0. The topological polar surface area (TPSA) is 88.8 Å². The van der Waals surface area contributed by atoms with Crippen LogP contribution in [0.1, 0.15) is 41.9 Å². The molecule has 0 N–H and O–H groups in total. The number of aromatic nitrogens is 2. The van der Waals surface area contributed by atoms with Crippen LogP contribution in [0.3, 0.4) is 0 Å². The molecular formula is C16H24N4O4. The molecular weight excluding hydrogens is 312 g/mol. The Balaban J connectivity index is 1.49. The van der Waals surface area contributed by atoms with Crippen LogP contribution in [-0.2, 0) is 9.53 Å². The number of ether oxygens (including phenoxy) is 1. The summed E-state index contributed by atoms with van der Waals surface area (Å²) in [6.45, 7) is 5.73. The largest absolute Gasteiger partial charge is 0.378 e. The van der Waals surface area contributed by atoms with E-state index in [1.165, 1.54) is 0 Å². The molecule has 0 spiro atoms. The highest BCUT2D eigenvalue weighted by atomic mass is 16.6. The first-order valence-corrected chi connectivity index (χ1v) is 8.59. The number of carbonyl (C=O) groups excluding carboxylic acids is 2. The highest BCUT2D eigenvalue weighted by molar-refractivity contribution is 5.93. The predicted octanol–water partition coefficient (Wildman–Crippen LogP) is 0.869. The number of morpholine rings is 1. The minimum absolute atomic E-state index is 0.127. The third-order valence-electron chi connectivity index (χ3n) is 4.79. The van der Waals surface area contributed by atoms with Crippen molar-refractivity contribution in [1.29, 1.82) is 0 Å². The Labute approximate surface area is 141 Å². The Morgan fingerprint density at radius 2 is 1.96 bits per heavy atom. The standard InChI is InChI=1S/C16H24N4O4/c1-12-15(18-24-17-12)16(22)20-6-2-3-13(11-20)4-5-14(21)19-7-9-23-10-8-19/h13H,2-11H2,1H3. The lowest BCUT2D eigenvalue weighted by Crippen LogP contribution is -2.42. The minimum Gasteiger partial charge on any atom is -0.378 e. The molecule has 1 aromatic heterocycles. The summed E-state index contributed by atoms with van der Waals surface area (Å²) in [7, 11) is 0. The lowest BCUT2D eigenvalue weighted by Gasteiger charge is -2.33. The van der Waals surface area contributed by atoms with E-state index < -0.39 is 0 Å². The molecule has 2 fully saturated rings. The van der Waals surface area contributed by atoms with E-state index >= 15 is 0 Å². The van der Waals surface area contributed by atoms with E-state index in [2.05, 4.69) is 14.9 Å². The first-order valence-electron chi connectivity index (χ1n) is 8.59. The molecule has 2 aliphatic rings. The van der Waals surface area contributed by atoms with E-state index in [1.54, 1.807) is 11.8 Å². The average Bonchev–Trinajstić information content (AvgIpc) is 3.06. The van der Waals surface area contributed by atoms with Gasteiger partial charge < -0.3 is 14.5 Å². The molecule has 132 valence electrons. The van der Waals surface area contributed by atoms with E-state index in [4.69, 9.17) is 4.74 Å². The number of amides is 2. The van der Waals surface area contributed by atoms with Crippen LogP contribution in [0, 0.1) is 12.8 Å². The van der Waals surface area contributed by atoms with Crippen molar-refractivity contribution in [1.82, 2.24) is 20.1 Å². The van der Waals surface area contributed by atoms with Crippen molar-refractivity contribution in [2.45, 2.75) is 32.6 Å². The van der Waals surface area contributed by atoms with Crippen LogP contribution in [0.2, 0.25) is 0 Å². The number of likely N-dealkylation sites (tertiary alicyclic amines) is 1. The number of aryl methyl sites for hydroxylation is 1. The van der Waals surface area contributed by atoms with Crippen LogP contribution in [0.4, 0.5) is 0 Å². The minimum atomic E-state index is -0.127. The first-order chi connectivity index (χ1) is 11.6. The smallest absolute Gasteiger partial charge is 0.278 e. The predicted molar refractivity (Wildman–Crippen MR) is 84.3 cm³/mol. The SMILES string of the molecule is Cc1nonc1C(=O)N1CCCC(CCC(=O)N2CCOCC2)C1. The summed E-state index contributed by atoms with van der Waals surface area (Å²) in [5.74, 6) is 0.420. The summed E-state index contributed by atoms with van der Waals surface area (Å²) in [5, 5.41) is 7.37. The number of piperidine rings is 1. The van der Waals surface area contributed by atoms with Crippen LogP contribution in [0.15, 0.2) is 4.63 Å². The van der Waals surface area contributed by atoms with Gasteiger partial charge in [-0.3, -0.25) is 9.59 Å². The zero-order valence-electron chi connectivity index (χ0n) is 14.1. The fraction of sp³-hybridized carbons (Fsp3) is 0.750. The van der Waals surface area contributed by atoms with E-state index in [9.17, 15) is 9.59 Å². The van der Waals surface area contributed by atoms with Gasteiger partial charge in [-0.15, -0.1) is 0 Å². The van der Waals surface area contributed by atoms with Gasteiger partial charge in [0.2, 0.25) is 5.91 Å². The first kappa shape index (κ1) is 16.9. The van der Waals surface area contributed by atoms with Gasteiger partial charge >= 0.3 is 0 Å². The third kappa shape index (κ3) is 3.92. The summed E-state index contributed by atoms with van der Waals surface area (Å²) in [6, 6.07) is 0. The van der Waals surface area contributed by atoms with Gasteiger partial charge in [-0.2, -0.15) is 0 Å². The van der Waals surface area contributed by atoms with Gasteiger partial charge in [0.25, 0.3) is 5.91 Å². The molecule has 8 nitrogen and oxygen atoms in total. The average molecular weight is 336 g/mol. The van der Waals surface area contributed by atoms with Crippen molar-refractivity contribution in [3.63, 3.8) is 0 Å². The fourth-order valence-corrected chi connectivity index (χ4v) is 3.36. The van der Waals surface area contributed by atoms with Gasteiger partial charge in [0.15, 0.2) is 5.69 Å². The Kier molecular flexibility index (Phi) is 5.44. The van der Waals surface area contributed by atoms with Gasteiger partial charge in [0.05, 0.1) is 13.2 Å². The summed E-state index contributed by atoms with van der Waals surface area (Å²) in [5.41, 5.74) is 0.810. The Morgan fingerprint density at radius 3 is 2.67 bits per heavy atom. The molecule has 0 aromatic carbocycles. The molecule has 3 rings (SSSR count). The summed E-state index contributed by atoms with van der Waals surface area (Å²) in [6.07, 6.45) is 3.36. The Morgan fingerprint density at radius 1 is 1.17 bits per heavy atom. The maximum absolute atomic E-state index is 12.5. The van der Waals surface area contributed by atoms with E-state index in [-0.39, 0.29) is 11.8 Å². The number of nitrogens with zero attached hydrogens (tertiary/aromatic N) is 4. The van der Waals surface area contributed by atoms with Crippen LogP contribution < -0.4 is 0 Å². The molecule has 0 saturated carbocycles. The molecule has 0 bridgehead atoms. The zero-order chi connectivity index (χ0) is 16.9. The molecule has 1 aromatic rings. The van der Waals surface area contributed by atoms with E-state index in [0.717, 1.165) is 25.8 Å². The number of carbonyl (C=O) groups is 2. The van der Waals surface area contributed by atoms with Crippen molar-refractivity contribution < 1.29 is 19.0 Å². The van der Waals surface area contributed by atoms with Gasteiger partial charge in [0, 0.05) is 32.6 Å². The number of rotatable bonds is 4. The van der Waals surface area contributed by atoms with Gasteiger partial charge in [-0.25, -0.2) is 4.63 Å².